The summed E-state index contributed by atoms with van der Waals surface area (Å²) < 4.78 is 65.9. The van der Waals surface area contributed by atoms with Gasteiger partial charge in [-0.05, 0) is 41.1 Å². The molecule has 1 aliphatic rings. The zero-order chi connectivity index (χ0) is 20.4. The molecule has 1 aliphatic heterocycles. The number of anilines is 1. The number of halogens is 3. The molecule has 0 atom stereocenters. The highest BCUT2D eigenvalue weighted by Crippen LogP contribution is 2.31. The molecule has 0 bridgehead atoms. The number of nitrogens with one attached hydrogen (secondary N) is 1. The van der Waals surface area contributed by atoms with Crippen LogP contribution >= 0.6 is 11.3 Å². The zero-order valence-corrected chi connectivity index (χ0v) is 16.9. The van der Waals surface area contributed by atoms with E-state index in [0.717, 1.165) is 55.5 Å². The summed E-state index contributed by atoms with van der Waals surface area (Å²) >= 11 is 1.58. The summed E-state index contributed by atoms with van der Waals surface area (Å²) in [5.74, 6) is 0. The van der Waals surface area contributed by atoms with Crippen LogP contribution in [0.15, 0.2) is 34.5 Å². The van der Waals surface area contributed by atoms with E-state index in [4.69, 9.17) is 4.74 Å². The van der Waals surface area contributed by atoms with Gasteiger partial charge in [0.2, 0.25) is 0 Å². The summed E-state index contributed by atoms with van der Waals surface area (Å²) in [7, 11) is -5.31. The molecule has 0 unspecified atom stereocenters. The summed E-state index contributed by atoms with van der Waals surface area (Å²) in [6.45, 7) is 6.59. The molecule has 0 aliphatic carbocycles. The third-order valence-corrected chi connectivity index (χ3v) is 7.22. The van der Waals surface area contributed by atoms with Crippen molar-refractivity contribution >= 4 is 26.2 Å². The molecule has 0 saturated carbocycles. The lowest BCUT2D eigenvalue weighted by Crippen LogP contribution is -2.35. The highest BCUT2D eigenvalue weighted by atomic mass is 32.2. The van der Waals surface area contributed by atoms with Crippen molar-refractivity contribution < 1.29 is 26.3 Å². The summed E-state index contributed by atoms with van der Waals surface area (Å²) in [5, 5.41) is 6.38. The Kier molecular flexibility index (Phi) is 6.33. The first-order valence-corrected chi connectivity index (χ1v) is 11.1. The van der Waals surface area contributed by atoms with E-state index >= 15 is 0 Å². The van der Waals surface area contributed by atoms with Gasteiger partial charge in [-0.2, -0.15) is 13.2 Å². The number of alkyl halides is 3. The minimum Gasteiger partial charge on any atom is -0.379 e. The van der Waals surface area contributed by atoms with Crippen molar-refractivity contribution in [2.75, 3.05) is 31.6 Å². The minimum atomic E-state index is -5.31. The molecule has 154 valence electrons. The van der Waals surface area contributed by atoms with Gasteiger partial charge in [-0.25, -0.2) is 8.42 Å². The first kappa shape index (κ1) is 21.1. The maximum atomic E-state index is 12.6. The number of thiophene rings is 1. The molecule has 0 radical (unpaired) electrons. The van der Waals surface area contributed by atoms with Crippen LogP contribution in [0.2, 0.25) is 0 Å². The molecular weight excluding hydrogens is 413 g/mol. The Bertz CT molecular complexity index is 903. The molecule has 0 spiro atoms. The summed E-state index contributed by atoms with van der Waals surface area (Å²) in [6, 6.07) is 4.77. The van der Waals surface area contributed by atoms with Gasteiger partial charge >= 0.3 is 5.51 Å². The number of nitrogens with zero attached hydrogens (tertiary/aromatic N) is 1. The van der Waals surface area contributed by atoms with E-state index in [9.17, 15) is 21.6 Å². The second-order valence-electron chi connectivity index (χ2n) is 6.55. The van der Waals surface area contributed by atoms with Crippen LogP contribution in [0, 0.1) is 6.92 Å². The molecule has 1 fully saturated rings. The van der Waals surface area contributed by atoms with Crippen molar-refractivity contribution in [3.8, 4) is 0 Å². The van der Waals surface area contributed by atoms with Gasteiger partial charge in [-0.1, -0.05) is 12.1 Å². The summed E-state index contributed by atoms with van der Waals surface area (Å²) in [5.41, 5.74) is -2.21. The summed E-state index contributed by atoms with van der Waals surface area (Å²) in [6.07, 6.45) is 0. The molecule has 5 nitrogen and oxygen atoms in total. The first-order chi connectivity index (χ1) is 13.2. The number of benzene rings is 1. The van der Waals surface area contributed by atoms with Gasteiger partial charge in [0.25, 0.3) is 9.84 Å². The standard InChI is InChI=1S/C18H21F3N2O3S2/c1-13-15(11-23-6-8-26-9-7-23)12-27-17(13)22-10-14-2-4-16(5-3-14)28(24,25)18(19,20)21/h2-5,12,22H,6-11H2,1H3. The number of morpholine rings is 1. The quantitative estimate of drug-likeness (QED) is 0.750. The van der Waals surface area contributed by atoms with Crippen molar-refractivity contribution in [1.82, 2.24) is 4.90 Å². The molecule has 1 aromatic heterocycles. The fourth-order valence-corrected chi connectivity index (χ4v) is 4.62. The van der Waals surface area contributed by atoms with E-state index in [1.54, 1.807) is 11.3 Å². The Morgan fingerprint density at radius 3 is 2.43 bits per heavy atom. The molecule has 1 N–H and O–H groups in total. The molecule has 2 heterocycles. The Balaban J connectivity index is 1.61. The lowest BCUT2D eigenvalue weighted by atomic mass is 10.2. The molecule has 28 heavy (non-hydrogen) atoms. The maximum absolute atomic E-state index is 12.6. The lowest BCUT2D eigenvalue weighted by molar-refractivity contribution is -0.0436. The van der Waals surface area contributed by atoms with Gasteiger partial charge in [-0.3, -0.25) is 4.90 Å². The monoisotopic (exact) mass is 434 g/mol. The second-order valence-corrected chi connectivity index (χ2v) is 9.37. The zero-order valence-electron chi connectivity index (χ0n) is 15.3. The molecule has 1 aromatic carbocycles. The molecule has 1 saturated heterocycles. The normalized spacial score (nSPS) is 16.3. The number of hydrogen-bond acceptors (Lipinski definition) is 6. The van der Waals surface area contributed by atoms with Crippen LogP contribution in [-0.2, 0) is 27.7 Å². The number of ether oxygens (including phenoxy) is 1. The maximum Gasteiger partial charge on any atom is 0.501 e. The van der Waals surface area contributed by atoms with Gasteiger partial charge in [-0.15, -0.1) is 11.3 Å². The lowest BCUT2D eigenvalue weighted by Gasteiger charge is -2.26. The highest BCUT2D eigenvalue weighted by molar-refractivity contribution is 7.92. The summed E-state index contributed by atoms with van der Waals surface area (Å²) in [4.78, 5) is 1.59. The SMILES string of the molecule is Cc1c(CN2CCOCC2)csc1NCc1ccc(S(=O)(=O)C(F)(F)F)cc1. The van der Waals surface area contributed by atoms with Gasteiger partial charge in [0.1, 0.15) is 0 Å². The van der Waals surface area contributed by atoms with Crippen LogP contribution in [0.25, 0.3) is 0 Å². The van der Waals surface area contributed by atoms with Crippen LogP contribution in [0.4, 0.5) is 18.2 Å². The Morgan fingerprint density at radius 1 is 1.18 bits per heavy atom. The second kappa shape index (κ2) is 8.40. The predicted octanol–water partition coefficient (Wildman–Crippen LogP) is 3.79. The number of hydrogen-bond donors (Lipinski definition) is 1. The fraction of sp³-hybridized carbons (Fsp3) is 0.444. The van der Waals surface area contributed by atoms with Crippen LogP contribution in [0.3, 0.4) is 0 Å². The predicted molar refractivity (Wildman–Crippen MR) is 102 cm³/mol. The third-order valence-electron chi connectivity index (χ3n) is 4.63. The van der Waals surface area contributed by atoms with Crippen molar-refractivity contribution in [3.63, 3.8) is 0 Å². The van der Waals surface area contributed by atoms with Crippen molar-refractivity contribution in [1.29, 1.82) is 0 Å². The first-order valence-electron chi connectivity index (χ1n) is 8.70. The van der Waals surface area contributed by atoms with Gasteiger partial charge < -0.3 is 10.1 Å². The number of rotatable bonds is 6. The van der Waals surface area contributed by atoms with Crippen LogP contribution in [0.1, 0.15) is 16.7 Å². The Labute approximate surface area is 166 Å². The van der Waals surface area contributed by atoms with Crippen LogP contribution in [-0.4, -0.2) is 45.1 Å². The van der Waals surface area contributed by atoms with Crippen molar-refractivity contribution in [2.45, 2.75) is 30.4 Å². The van der Waals surface area contributed by atoms with Crippen LogP contribution < -0.4 is 5.32 Å². The Morgan fingerprint density at radius 2 is 1.82 bits per heavy atom. The largest absolute Gasteiger partial charge is 0.501 e. The molecule has 10 heteroatoms. The van der Waals surface area contributed by atoms with E-state index in [1.807, 2.05) is 6.92 Å². The van der Waals surface area contributed by atoms with E-state index in [2.05, 4.69) is 15.6 Å². The van der Waals surface area contributed by atoms with E-state index in [0.29, 0.717) is 12.1 Å². The molecular formula is C18H21F3N2O3S2. The van der Waals surface area contributed by atoms with E-state index < -0.39 is 20.2 Å². The van der Waals surface area contributed by atoms with Crippen LogP contribution in [0.5, 0.6) is 0 Å². The van der Waals surface area contributed by atoms with Crippen molar-refractivity contribution in [3.05, 3.63) is 46.3 Å². The highest BCUT2D eigenvalue weighted by Gasteiger charge is 2.46. The van der Waals surface area contributed by atoms with E-state index in [-0.39, 0.29) is 0 Å². The van der Waals surface area contributed by atoms with Gasteiger partial charge in [0.05, 0.1) is 23.1 Å². The van der Waals surface area contributed by atoms with Gasteiger partial charge in [0.15, 0.2) is 0 Å². The Hall–Kier alpha value is -1.62. The molecule has 3 rings (SSSR count). The number of sulfone groups is 1. The average Bonchev–Trinajstić information content (AvgIpc) is 3.00. The molecule has 0 amide bonds. The third kappa shape index (κ3) is 4.68. The topological polar surface area (TPSA) is 58.6 Å². The van der Waals surface area contributed by atoms with Crippen molar-refractivity contribution in [2.24, 2.45) is 0 Å². The van der Waals surface area contributed by atoms with Gasteiger partial charge in [0, 0.05) is 26.2 Å². The molecule has 2 aromatic rings. The smallest absolute Gasteiger partial charge is 0.379 e. The minimum absolute atomic E-state index is 0.394. The average molecular weight is 435 g/mol. The fourth-order valence-electron chi connectivity index (χ4n) is 2.89. The van der Waals surface area contributed by atoms with E-state index in [1.165, 1.54) is 17.7 Å².